The summed E-state index contributed by atoms with van der Waals surface area (Å²) in [6.07, 6.45) is 4.92. The minimum Gasteiger partial charge on any atom is -0.371 e. The molecule has 32 heavy (non-hydrogen) atoms. The summed E-state index contributed by atoms with van der Waals surface area (Å²) >= 11 is 0. The van der Waals surface area contributed by atoms with Crippen molar-refractivity contribution >= 4 is 34.4 Å². The standard InChI is InChI=1S/C24H23N5O3/c30-21-6-5-19(23(31)27-21)29-13-15-11-14(3-4-16(15)24(29)32)18-12-20(28-9-1-2-10-28)17-7-8-25-22(17)26-18/h3-4,7-8,11-12,19H,1-2,5-6,9-10,13H2,(H,25,26)(H,27,30,31). The Labute approximate surface area is 184 Å². The van der Waals surface area contributed by atoms with Gasteiger partial charge in [-0.3, -0.25) is 19.7 Å². The maximum atomic E-state index is 13.0. The van der Waals surface area contributed by atoms with Crippen LogP contribution in [-0.2, 0) is 16.1 Å². The van der Waals surface area contributed by atoms with E-state index in [4.69, 9.17) is 4.98 Å². The number of anilines is 1. The third kappa shape index (κ3) is 2.97. The molecule has 3 amide bonds. The van der Waals surface area contributed by atoms with Gasteiger partial charge < -0.3 is 14.8 Å². The van der Waals surface area contributed by atoms with E-state index in [-0.39, 0.29) is 18.2 Å². The van der Waals surface area contributed by atoms with Gasteiger partial charge in [0.1, 0.15) is 11.7 Å². The largest absolute Gasteiger partial charge is 0.371 e. The van der Waals surface area contributed by atoms with Crippen LogP contribution in [0, 0.1) is 0 Å². The number of pyridine rings is 1. The molecule has 0 spiro atoms. The van der Waals surface area contributed by atoms with Crippen LogP contribution in [0.25, 0.3) is 22.3 Å². The van der Waals surface area contributed by atoms with Gasteiger partial charge in [0.05, 0.1) is 5.69 Å². The minimum absolute atomic E-state index is 0.161. The van der Waals surface area contributed by atoms with Crippen molar-refractivity contribution in [2.45, 2.75) is 38.3 Å². The van der Waals surface area contributed by atoms with E-state index in [2.05, 4.69) is 27.3 Å². The number of carbonyl (C=O) groups is 3. The Morgan fingerprint density at radius 3 is 2.69 bits per heavy atom. The van der Waals surface area contributed by atoms with E-state index in [1.807, 2.05) is 24.4 Å². The first-order valence-corrected chi connectivity index (χ1v) is 11.1. The Balaban J connectivity index is 1.35. The average molecular weight is 429 g/mol. The Kier molecular flexibility index (Phi) is 4.28. The second-order valence-corrected chi connectivity index (χ2v) is 8.73. The summed E-state index contributed by atoms with van der Waals surface area (Å²) < 4.78 is 0. The van der Waals surface area contributed by atoms with E-state index in [0.717, 1.165) is 40.9 Å². The van der Waals surface area contributed by atoms with Gasteiger partial charge in [-0.15, -0.1) is 0 Å². The van der Waals surface area contributed by atoms with Gasteiger partial charge in [-0.2, -0.15) is 0 Å². The summed E-state index contributed by atoms with van der Waals surface area (Å²) in [5, 5.41) is 3.47. The summed E-state index contributed by atoms with van der Waals surface area (Å²) in [7, 11) is 0. The number of aromatic nitrogens is 2. The third-order valence-corrected chi connectivity index (χ3v) is 6.77. The van der Waals surface area contributed by atoms with E-state index >= 15 is 0 Å². The number of hydrogen-bond donors (Lipinski definition) is 2. The number of carbonyl (C=O) groups excluding carboxylic acids is 3. The third-order valence-electron chi connectivity index (χ3n) is 6.77. The van der Waals surface area contributed by atoms with Gasteiger partial charge in [0.15, 0.2) is 0 Å². The molecule has 2 aromatic heterocycles. The number of nitrogens with one attached hydrogen (secondary N) is 2. The highest BCUT2D eigenvalue weighted by Gasteiger charge is 2.39. The summed E-state index contributed by atoms with van der Waals surface area (Å²) in [6.45, 7) is 2.45. The lowest BCUT2D eigenvalue weighted by Crippen LogP contribution is -2.52. The topological polar surface area (TPSA) is 98.4 Å². The molecule has 0 bridgehead atoms. The fourth-order valence-corrected chi connectivity index (χ4v) is 5.12. The summed E-state index contributed by atoms with van der Waals surface area (Å²) in [5.74, 6) is -0.833. The molecular formula is C24H23N5O3. The van der Waals surface area contributed by atoms with Crippen LogP contribution in [0.1, 0.15) is 41.6 Å². The molecule has 2 fully saturated rings. The van der Waals surface area contributed by atoms with Crippen molar-refractivity contribution in [3.63, 3.8) is 0 Å². The Bertz CT molecular complexity index is 1270. The maximum absolute atomic E-state index is 13.0. The van der Waals surface area contributed by atoms with Gasteiger partial charge in [-0.25, -0.2) is 4.98 Å². The zero-order valence-corrected chi connectivity index (χ0v) is 17.6. The van der Waals surface area contributed by atoms with Crippen molar-refractivity contribution in [1.29, 1.82) is 0 Å². The van der Waals surface area contributed by atoms with Gasteiger partial charge >= 0.3 is 0 Å². The maximum Gasteiger partial charge on any atom is 0.255 e. The van der Waals surface area contributed by atoms with Crippen LogP contribution in [0.5, 0.6) is 0 Å². The van der Waals surface area contributed by atoms with Crippen LogP contribution < -0.4 is 10.2 Å². The fraction of sp³-hybridized carbons (Fsp3) is 0.333. The van der Waals surface area contributed by atoms with Crippen molar-refractivity contribution in [3.8, 4) is 11.3 Å². The van der Waals surface area contributed by atoms with Crippen molar-refractivity contribution in [3.05, 3.63) is 47.7 Å². The van der Waals surface area contributed by atoms with Crippen LogP contribution in [0.15, 0.2) is 36.5 Å². The number of hydrogen-bond acceptors (Lipinski definition) is 5. The average Bonchev–Trinajstić information content (AvgIpc) is 3.53. The lowest BCUT2D eigenvalue weighted by Gasteiger charge is -2.29. The van der Waals surface area contributed by atoms with Crippen molar-refractivity contribution < 1.29 is 14.4 Å². The summed E-state index contributed by atoms with van der Waals surface area (Å²) in [4.78, 5) is 48.8. The highest BCUT2D eigenvalue weighted by molar-refractivity contribution is 6.05. The van der Waals surface area contributed by atoms with Crippen LogP contribution in [-0.4, -0.2) is 51.7 Å². The lowest BCUT2D eigenvalue weighted by atomic mass is 10.0. The molecule has 8 heteroatoms. The van der Waals surface area contributed by atoms with E-state index in [1.165, 1.54) is 18.5 Å². The fourth-order valence-electron chi connectivity index (χ4n) is 5.12. The van der Waals surface area contributed by atoms with Gasteiger partial charge in [-0.05, 0) is 49.1 Å². The zero-order valence-electron chi connectivity index (χ0n) is 17.6. The number of nitrogens with zero attached hydrogens (tertiary/aromatic N) is 3. The first kappa shape index (κ1) is 19.0. The molecule has 8 nitrogen and oxygen atoms in total. The second-order valence-electron chi connectivity index (χ2n) is 8.73. The molecule has 6 rings (SSSR count). The molecule has 5 heterocycles. The Morgan fingerprint density at radius 2 is 1.88 bits per heavy atom. The molecule has 3 aromatic rings. The highest BCUT2D eigenvalue weighted by atomic mass is 16.2. The van der Waals surface area contributed by atoms with Gasteiger partial charge in [0.2, 0.25) is 11.8 Å². The van der Waals surface area contributed by atoms with E-state index in [1.54, 1.807) is 4.90 Å². The van der Waals surface area contributed by atoms with Gasteiger partial charge in [-0.1, -0.05) is 6.07 Å². The quantitative estimate of drug-likeness (QED) is 0.624. The molecule has 2 saturated heterocycles. The van der Waals surface area contributed by atoms with Crippen LogP contribution in [0.2, 0.25) is 0 Å². The number of imide groups is 1. The van der Waals surface area contributed by atoms with Crippen LogP contribution in [0.3, 0.4) is 0 Å². The van der Waals surface area contributed by atoms with Crippen molar-refractivity contribution in [2.24, 2.45) is 0 Å². The van der Waals surface area contributed by atoms with E-state index in [9.17, 15) is 14.4 Å². The molecule has 0 aliphatic carbocycles. The van der Waals surface area contributed by atoms with Gasteiger partial charge in [0.25, 0.3) is 5.91 Å². The highest BCUT2D eigenvalue weighted by Crippen LogP contribution is 2.35. The van der Waals surface area contributed by atoms with Crippen molar-refractivity contribution in [1.82, 2.24) is 20.2 Å². The Hall–Kier alpha value is -3.68. The molecule has 162 valence electrons. The van der Waals surface area contributed by atoms with Crippen LogP contribution in [0.4, 0.5) is 5.69 Å². The molecule has 0 saturated carbocycles. The number of fused-ring (bicyclic) bond motifs is 2. The molecule has 0 radical (unpaired) electrons. The summed E-state index contributed by atoms with van der Waals surface area (Å²) in [5.41, 5.74) is 5.33. The van der Waals surface area contributed by atoms with Crippen LogP contribution >= 0.6 is 0 Å². The normalized spacial score (nSPS) is 20.9. The van der Waals surface area contributed by atoms with E-state index in [0.29, 0.717) is 18.5 Å². The summed E-state index contributed by atoms with van der Waals surface area (Å²) in [6, 6.07) is 9.36. The minimum atomic E-state index is -0.605. The molecule has 2 N–H and O–H groups in total. The van der Waals surface area contributed by atoms with Gasteiger partial charge in [0, 0.05) is 54.5 Å². The number of piperidine rings is 1. The molecular weight excluding hydrogens is 406 g/mol. The molecule has 3 aliphatic heterocycles. The number of rotatable bonds is 3. The molecule has 3 aliphatic rings. The SMILES string of the molecule is O=C1CCC(N2Cc3cc(-c4cc(N5CCCC5)c5cc[nH]c5n4)ccc3C2=O)C(=O)N1. The number of benzene rings is 1. The second kappa shape index (κ2) is 7.19. The molecule has 1 aromatic carbocycles. The number of aromatic amines is 1. The Morgan fingerprint density at radius 1 is 1.03 bits per heavy atom. The first-order chi connectivity index (χ1) is 15.6. The van der Waals surface area contributed by atoms with Crippen molar-refractivity contribution in [2.75, 3.05) is 18.0 Å². The lowest BCUT2D eigenvalue weighted by molar-refractivity contribution is -0.136. The van der Waals surface area contributed by atoms with E-state index < -0.39 is 11.9 Å². The number of H-pyrrole nitrogens is 1. The first-order valence-electron chi connectivity index (χ1n) is 11.1. The predicted molar refractivity (Wildman–Crippen MR) is 119 cm³/mol. The predicted octanol–water partition coefficient (Wildman–Crippen LogP) is 2.59. The smallest absolute Gasteiger partial charge is 0.255 e. The monoisotopic (exact) mass is 429 g/mol. The molecule has 1 atom stereocenters. The number of amides is 3. The molecule has 1 unspecified atom stereocenters. The zero-order chi connectivity index (χ0) is 21.8.